The first-order valence-electron chi connectivity index (χ1n) is 9.36. The number of aliphatic imine (C=N–C) groups is 1. The van der Waals surface area contributed by atoms with Crippen LogP contribution in [0.1, 0.15) is 31.2 Å². The van der Waals surface area contributed by atoms with E-state index in [1.165, 1.54) is 30.3 Å². The van der Waals surface area contributed by atoms with Gasteiger partial charge in [0.25, 0.3) is 20.0 Å². The minimum absolute atomic E-state index is 0.0362. The lowest BCUT2D eigenvalue weighted by Crippen LogP contribution is -2.30. The molecule has 0 atom stereocenters. The van der Waals surface area contributed by atoms with Crippen molar-refractivity contribution in [3.8, 4) is 0 Å². The van der Waals surface area contributed by atoms with Crippen molar-refractivity contribution in [2.45, 2.75) is 30.6 Å². The van der Waals surface area contributed by atoms with E-state index in [0.29, 0.717) is 29.4 Å². The third-order valence-corrected chi connectivity index (χ3v) is 7.02. The van der Waals surface area contributed by atoms with Gasteiger partial charge < -0.3 is 0 Å². The molecule has 0 fully saturated rings. The van der Waals surface area contributed by atoms with Gasteiger partial charge in [-0.1, -0.05) is 30.2 Å². The van der Waals surface area contributed by atoms with Crippen molar-refractivity contribution in [2.24, 2.45) is 4.99 Å². The normalized spacial score (nSPS) is 15.4. The van der Waals surface area contributed by atoms with Crippen LogP contribution in [0.15, 0.2) is 63.8 Å². The number of nitrogens with one attached hydrogen (secondary N) is 2. The lowest BCUT2D eigenvalue weighted by atomic mass is 10.2. The van der Waals surface area contributed by atoms with Gasteiger partial charge in [0.1, 0.15) is 5.84 Å². The van der Waals surface area contributed by atoms with Gasteiger partial charge in [-0.3, -0.25) is 14.4 Å². The first-order valence-corrected chi connectivity index (χ1v) is 12.8. The van der Waals surface area contributed by atoms with Gasteiger partial charge in [0.05, 0.1) is 10.3 Å². The Kier molecular flexibility index (Phi) is 7.17. The van der Waals surface area contributed by atoms with Crippen molar-refractivity contribution in [1.29, 1.82) is 0 Å². The summed E-state index contributed by atoms with van der Waals surface area (Å²) in [6, 6.07) is 12.2. The summed E-state index contributed by atoms with van der Waals surface area (Å²) in [5, 5.41) is 1.59. The molecule has 0 unspecified atom stereocenters. The topological polar surface area (TPSA) is 105 Å². The minimum atomic E-state index is -3.77. The first kappa shape index (κ1) is 22.3. The van der Waals surface area contributed by atoms with E-state index in [4.69, 9.17) is 11.6 Å². The quantitative estimate of drug-likeness (QED) is 0.669. The molecule has 0 aromatic heterocycles. The molecule has 2 N–H and O–H groups in total. The highest BCUT2D eigenvalue weighted by Gasteiger charge is 2.17. The SMILES string of the molecule is O=S(=O)(/C=C/c1ccc(Cl)cc1)Nc1ccc(S(=O)(=O)NC2=NCCCCC2)cc1. The van der Waals surface area contributed by atoms with E-state index in [1.807, 2.05) is 0 Å². The standard InChI is InChI=1S/C20H22ClN3O4S2/c21-17-7-5-16(6-8-17)13-15-29(25,26)23-18-9-11-19(12-10-18)30(27,28)24-20-4-2-1-3-14-22-20/h5-13,15,23H,1-4,14H2,(H,22,24)/b15-13+. The van der Waals surface area contributed by atoms with Crippen LogP contribution >= 0.6 is 11.6 Å². The van der Waals surface area contributed by atoms with Crippen LogP contribution in [-0.2, 0) is 20.0 Å². The van der Waals surface area contributed by atoms with Crippen molar-refractivity contribution in [1.82, 2.24) is 4.72 Å². The summed E-state index contributed by atoms with van der Waals surface area (Å²) in [7, 11) is -7.53. The van der Waals surface area contributed by atoms with E-state index < -0.39 is 20.0 Å². The fourth-order valence-electron chi connectivity index (χ4n) is 2.81. The zero-order valence-electron chi connectivity index (χ0n) is 16.1. The molecule has 2 aromatic rings. The molecule has 7 nitrogen and oxygen atoms in total. The molecule has 1 heterocycles. The molecule has 1 aliphatic rings. The van der Waals surface area contributed by atoms with Crippen molar-refractivity contribution >= 4 is 49.2 Å². The average Bonchev–Trinajstić information content (AvgIpc) is 2.96. The molecule has 30 heavy (non-hydrogen) atoms. The molecule has 10 heteroatoms. The molecule has 0 saturated carbocycles. The minimum Gasteiger partial charge on any atom is -0.280 e. The summed E-state index contributed by atoms with van der Waals surface area (Å²) in [5.41, 5.74) is 0.931. The lowest BCUT2D eigenvalue weighted by molar-refractivity contribution is 0.592. The third-order valence-electron chi connectivity index (χ3n) is 4.36. The van der Waals surface area contributed by atoms with Crippen molar-refractivity contribution in [3.05, 3.63) is 64.5 Å². The number of anilines is 1. The molecule has 0 spiro atoms. The number of amidine groups is 1. The summed E-state index contributed by atoms with van der Waals surface area (Å²) in [6.07, 6.45) is 4.90. The molecular weight excluding hydrogens is 446 g/mol. The Morgan fingerprint density at radius 3 is 2.27 bits per heavy atom. The third kappa shape index (κ3) is 6.58. The fraction of sp³-hybridized carbons (Fsp3) is 0.250. The molecule has 160 valence electrons. The molecule has 2 aromatic carbocycles. The van der Waals surface area contributed by atoms with Crippen molar-refractivity contribution < 1.29 is 16.8 Å². The highest BCUT2D eigenvalue weighted by atomic mass is 35.5. The largest absolute Gasteiger partial charge is 0.280 e. The number of nitrogens with zero attached hydrogens (tertiary/aromatic N) is 1. The number of hydrogen-bond donors (Lipinski definition) is 2. The summed E-state index contributed by atoms with van der Waals surface area (Å²) < 4.78 is 54.5. The first-order chi connectivity index (χ1) is 14.2. The van der Waals surface area contributed by atoms with E-state index in [-0.39, 0.29) is 10.6 Å². The van der Waals surface area contributed by atoms with Crippen LogP contribution in [0.5, 0.6) is 0 Å². The number of sulfonamides is 2. The van der Waals surface area contributed by atoms with Gasteiger partial charge in [0.15, 0.2) is 0 Å². The van der Waals surface area contributed by atoms with E-state index in [0.717, 1.165) is 24.7 Å². The van der Waals surface area contributed by atoms with Gasteiger partial charge in [-0.2, -0.15) is 0 Å². The maximum atomic E-state index is 12.5. The Labute approximate surface area is 182 Å². The Balaban J connectivity index is 1.67. The predicted molar refractivity (Wildman–Crippen MR) is 121 cm³/mol. The monoisotopic (exact) mass is 467 g/mol. The summed E-state index contributed by atoms with van der Waals surface area (Å²) in [6.45, 7) is 0.613. The van der Waals surface area contributed by atoms with Gasteiger partial charge in [-0.05, 0) is 60.9 Å². The summed E-state index contributed by atoms with van der Waals surface area (Å²) in [5.74, 6) is 0.463. The zero-order valence-corrected chi connectivity index (χ0v) is 18.5. The number of rotatable bonds is 6. The van der Waals surface area contributed by atoms with Gasteiger partial charge in [0, 0.05) is 23.7 Å². The van der Waals surface area contributed by atoms with Gasteiger partial charge >= 0.3 is 0 Å². The molecule has 0 radical (unpaired) electrons. The van der Waals surface area contributed by atoms with Gasteiger partial charge in [-0.15, -0.1) is 0 Å². The number of halogens is 1. The van der Waals surface area contributed by atoms with Crippen LogP contribution in [0.2, 0.25) is 5.02 Å². The van der Waals surface area contributed by atoms with E-state index in [9.17, 15) is 16.8 Å². The molecule has 1 aliphatic heterocycles. The van der Waals surface area contributed by atoms with Crippen LogP contribution in [0.3, 0.4) is 0 Å². The molecule has 0 aliphatic carbocycles. The number of hydrogen-bond acceptors (Lipinski definition) is 5. The molecule has 3 rings (SSSR count). The Morgan fingerprint density at radius 2 is 1.57 bits per heavy atom. The molecule has 0 bridgehead atoms. The maximum Gasteiger partial charge on any atom is 0.262 e. The molecule has 0 amide bonds. The van der Waals surface area contributed by atoms with Gasteiger partial charge in [-0.25, -0.2) is 16.8 Å². The van der Waals surface area contributed by atoms with E-state index in [2.05, 4.69) is 14.4 Å². The second kappa shape index (κ2) is 9.63. The fourth-order valence-corrected chi connectivity index (χ4v) is 4.90. The maximum absolute atomic E-state index is 12.5. The van der Waals surface area contributed by atoms with E-state index in [1.54, 1.807) is 24.3 Å². The summed E-state index contributed by atoms with van der Waals surface area (Å²) in [4.78, 5) is 4.31. The lowest BCUT2D eigenvalue weighted by Gasteiger charge is -2.10. The zero-order chi connectivity index (χ0) is 21.6. The Bertz CT molecular complexity index is 1140. The Morgan fingerprint density at radius 1 is 0.867 bits per heavy atom. The average molecular weight is 468 g/mol. The van der Waals surface area contributed by atoms with Gasteiger partial charge in [0.2, 0.25) is 0 Å². The second-order valence-electron chi connectivity index (χ2n) is 6.77. The second-order valence-corrected chi connectivity index (χ2v) is 10.5. The van der Waals surface area contributed by atoms with Crippen molar-refractivity contribution in [3.63, 3.8) is 0 Å². The van der Waals surface area contributed by atoms with Crippen LogP contribution in [0, 0.1) is 0 Å². The van der Waals surface area contributed by atoms with Crippen LogP contribution < -0.4 is 9.44 Å². The number of benzene rings is 2. The molecular formula is C20H22ClN3O4S2. The highest BCUT2D eigenvalue weighted by molar-refractivity contribution is 7.95. The Hall–Kier alpha value is -2.36. The van der Waals surface area contributed by atoms with E-state index >= 15 is 0 Å². The smallest absolute Gasteiger partial charge is 0.262 e. The van der Waals surface area contributed by atoms with Crippen LogP contribution in [0.4, 0.5) is 5.69 Å². The summed E-state index contributed by atoms with van der Waals surface area (Å²) >= 11 is 5.81. The van der Waals surface area contributed by atoms with Crippen LogP contribution in [0.25, 0.3) is 6.08 Å². The van der Waals surface area contributed by atoms with Crippen LogP contribution in [-0.4, -0.2) is 29.2 Å². The van der Waals surface area contributed by atoms with Crippen molar-refractivity contribution in [2.75, 3.05) is 11.3 Å². The predicted octanol–water partition coefficient (Wildman–Crippen LogP) is 4.00. The highest BCUT2D eigenvalue weighted by Crippen LogP contribution is 2.17. The molecule has 0 saturated heterocycles.